The van der Waals surface area contributed by atoms with Crippen LogP contribution in [0, 0.1) is 6.92 Å². The normalized spacial score (nSPS) is 11.0. The van der Waals surface area contributed by atoms with Crippen molar-refractivity contribution < 1.29 is 9.90 Å². The molecule has 7 nitrogen and oxygen atoms in total. The number of carbonyl (C=O) groups is 1. The molecular weight excluding hydrogens is 272 g/mol. The number of likely N-dealkylation sites (N-methyl/N-ethyl adjacent to an activating group) is 1. The van der Waals surface area contributed by atoms with Crippen LogP contribution in [0.2, 0.25) is 0 Å². The number of nitrogens with one attached hydrogen (secondary N) is 1. The number of fused-ring (bicyclic) bond motifs is 1. The number of amides is 1. The molecule has 0 fully saturated rings. The lowest BCUT2D eigenvalue weighted by molar-refractivity contribution is 0.0946. The maximum absolute atomic E-state index is 12.3. The summed E-state index contributed by atoms with van der Waals surface area (Å²) >= 11 is 0. The molecule has 21 heavy (non-hydrogen) atoms. The van der Waals surface area contributed by atoms with Crippen LogP contribution in [-0.2, 0) is 0 Å². The molecule has 0 atom stereocenters. The molecule has 0 aliphatic heterocycles. The Hall–Kier alpha value is -2.41. The summed E-state index contributed by atoms with van der Waals surface area (Å²) in [4.78, 5) is 30.2. The first kappa shape index (κ1) is 15.0. The minimum atomic E-state index is -0.622. The number of aromatic nitrogens is 2. The monoisotopic (exact) mass is 290 g/mol. The number of nitrogens with zero attached hydrogens (tertiary/aromatic N) is 3. The Kier molecular flexibility index (Phi) is 4.23. The molecule has 0 bridgehead atoms. The van der Waals surface area contributed by atoms with E-state index in [1.54, 1.807) is 19.1 Å². The van der Waals surface area contributed by atoms with Crippen molar-refractivity contribution in [3.63, 3.8) is 0 Å². The third-order valence-corrected chi connectivity index (χ3v) is 3.10. The molecule has 0 aromatic carbocycles. The van der Waals surface area contributed by atoms with Crippen molar-refractivity contribution in [2.24, 2.45) is 0 Å². The molecule has 0 unspecified atom stereocenters. The van der Waals surface area contributed by atoms with Gasteiger partial charge in [0.15, 0.2) is 5.56 Å². The largest absolute Gasteiger partial charge is 0.493 e. The SMILES string of the molecule is Cc1cccn2c(=O)c(C(=O)NCCN(C)C)c(O)nc12. The quantitative estimate of drug-likeness (QED) is 0.827. The second-order valence-electron chi connectivity index (χ2n) is 5.06. The minimum Gasteiger partial charge on any atom is -0.493 e. The molecule has 0 aliphatic carbocycles. The highest BCUT2D eigenvalue weighted by molar-refractivity contribution is 5.96. The van der Waals surface area contributed by atoms with Gasteiger partial charge in [-0.1, -0.05) is 6.07 Å². The Morgan fingerprint density at radius 3 is 2.86 bits per heavy atom. The zero-order valence-electron chi connectivity index (χ0n) is 12.3. The second kappa shape index (κ2) is 5.92. The molecule has 2 rings (SSSR count). The fourth-order valence-corrected chi connectivity index (χ4v) is 1.97. The number of rotatable bonds is 4. The highest BCUT2D eigenvalue weighted by Gasteiger charge is 2.19. The van der Waals surface area contributed by atoms with E-state index in [1.165, 1.54) is 10.6 Å². The van der Waals surface area contributed by atoms with Crippen LogP contribution < -0.4 is 10.9 Å². The smallest absolute Gasteiger partial charge is 0.274 e. The summed E-state index contributed by atoms with van der Waals surface area (Å²) in [6.07, 6.45) is 1.52. The average molecular weight is 290 g/mol. The van der Waals surface area contributed by atoms with E-state index >= 15 is 0 Å². The van der Waals surface area contributed by atoms with Gasteiger partial charge in [-0.3, -0.25) is 14.0 Å². The van der Waals surface area contributed by atoms with Gasteiger partial charge >= 0.3 is 0 Å². The zero-order valence-corrected chi connectivity index (χ0v) is 12.3. The molecule has 112 valence electrons. The number of pyridine rings is 1. The first-order valence-corrected chi connectivity index (χ1v) is 6.55. The predicted molar refractivity (Wildman–Crippen MR) is 78.8 cm³/mol. The van der Waals surface area contributed by atoms with Crippen LogP contribution in [0.5, 0.6) is 5.88 Å². The first-order valence-electron chi connectivity index (χ1n) is 6.55. The van der Waals surface area contributed by atoms with Gasteiger partial charge in [0.1, 0.15) is 5.65 Å². The minimum absolute atomic E-state index is 0.336. The van der Waals surface area contributed by atoms with Crippen LogP contribution in [0.15, 0.2) is 23.1 Å². The van der Waals surface area contributed by atoms with E-state index in [-0.39, 0.29) is 5.56 Å². The van der Waals surface area contributed by atoms with Gasteiger partial charge in [0.25, 0.3) is 11.5 Å². The van der Waals surface area contributed by atoms with E-state index in [4.69, 9.17) is 0 Å². The van der Waals surface area contributed by atoms with Gasteiger partial charge in [-0.05, 0) is 32.6 Å². The molecule has 7 heteroatoms. The third kappa shape index (κ3) is 3.03. The molecule has 0 saturated carbocycles. The van der Waals surface area contributed by atoms with Gasteiger partial charge in [0.2, 0.25) is 5.88 Å². The maximum Gasteiger partial charge on any atom is 0.274 e. The van der Waals surface area contributed by atoms with Gasteiger partial charge in [0.05, 0.1) is 0 Å². The van der Waals surface area contributed by atoms with E-state index in [0.29, 0.717) is 18.7 Å². The van der Waals surface area contributed by atoms with Crippen LogP contribution >= 0.6 is 0 Å². The number of aromatic hydroxyl groups is 1. The molecule has 1 amide bonds. The summed E-state index contributed by atoms with van der Waals surface area (Å²) in [5, 5.41) is 12.5. The van der Waals surface area contributed by atoms with Gasteiger partial charge in [-0.2, -0.15) is 4.98 Å². The lowest BCUT2D eigenvalue weighted by Gasteiger charge is -2.11. The van der Waals surface area contributed by atoms with Crippen LogP contribution in [-0.4, -0.2) is 52.5 Å². The standard InChI is InChI=1S/C14H18N4O3/c1-9-5-4-7-18-11(9)16-13(20)10(14(18)21)12(19)15-6-8-17(2)3/h4-5,7,20H,6,8H2,1-3H3,(H,15,19). The van der Waals surface area contributed by atoms with Crippen LogP contribution in [0.4, 0.5) is 0 Å². The van der Waals surface area contributed by atoms with E-state index in [9.17, 15) is 14.7 Å². The van der Waals surface area contributed by atoms with Crippen molar-refractivity contribution in [2.75, 3.05) is 27.2 Å². The molecule has 0 spiro atoms. The molecule has 2 N–H and O–H groups in total. The topological polar surface area (TPSA) is 86.9 Å². The summed E-state index contributed by atoms with van der Waals surface area (Å²) in [5.74, 6) is -1.17. The van der Waals surface area contributed by atoms with Crippen molar-refractivity contribution in [2.45, 2.75) is 6.92 Å². The highest BCUT2D eigenvalue weighted by Crippen LogP contribution is 2.13. The number of hydrogen-bond donors (Lipinski definition) is 2. The summed E-state index contributed by atoms with van der Waals surface area (Å²) in [5.41, 5.74) is 0.162. The fraction of sp³-hybridized carbons (Fsp3) is 0.357. The molecule has 0 aliphatic rings. The number of hydrogen-bond acceptors (Lipinski definition) is 5. The lowest BCUT2D eigenvalue weighted by atomic mass is 10.2. The van der Waals surface area contributed by atoms with Crippen molar-refractivity contribution in [3.8, 4) is 5.88 Å². The molecule has 0 radical (unpaired) electrons. The predicted octanol–water partition coefficient (Wildman–Crippen LogP) is -0.0000800. The van der Waals surface area contributed by atoms with E-state index in [0.717, 1.165) is 5.56 Å². The summed E-state index contributed by atoms with van der Waals surface area (Å²) in [6.45, 7) is 2.78. The van der Waals surface area contributed by atoms with Crippen molar-refractivity contribution in [1.82, 2.24) is 19.6 Å². The van der Waals surface area contributed by atoms with Crippen LogP contribution in [0.25, 0.3) is 5.65 Å². The van der Waals surface area contributed by atoms with Crippen molar-refractivity contribution in [1.29, 1.82) is 0 Å². The Morgan fingerprint density at radius 1 is 1.48 bits per heavy atom. The third-order valence-electron chi connectivity index (χ3n) is 3.10. The number of carbonyl (C=O) groups excluding carboxylic acids is 1. The summed E-state index contributed by atoms with van der Waals surface area (Å²) < 4.78 is 1.26. The van der Waals surface area contributed by atoms with E-state index in [2.05, 4.69) is 10.3 Å². The summed E-state index contributed by atoms with van der Waals surface area (Å²) in [7, 11) is 3.75. The van der Waals surface area contributed by atoms with E-state index in [1.807, 2.05) is 19.0 Å². The summed E-state index contributed by atoms with van der Waals surface area (Å²) in [6, 6.07) is 3.47. The van der Waals surface area contributed by atoms with E-state index < -0.39 is 17.3 Å². The Bertz CT molecular complexity index is 737. The maximum atomic E-state index is 12.3. The number of aryl methyl sites for hydroxylation is 1. The average Bonchev–Trinajstić information content (AvgIpc) is 2.40. The second-order valence-corrected chi connectivity index (χ2v) is 5.06. The molecule has 0 saturated heterocycles. The zero-order chi connectivity index (χ0) is 15.6. The van der Waals surface area contributed by atoms with Crippen LogP contribution in [0.3, 0.4) is 0 Å². The van der Waals surface area contributed by atoms with Gasteiger partial charge < -0.3 is 15.3 Å². The Balaban J connectivity index is 2.41. The van der Waals surface area contributed by atoms with Crippen molar-refractivity contribution >= 4 is 11.6 Å². The van der Waals surface area contributed by atoms with Crippen LogP contribution in [0.1, 0.15) is 15.9 Å². The molecule has 2 aromatic heterocycles. The van der Waals surface area contributed by atoms with Gasteiger partial charge in [-0.15, -0.1) is 0 Å². The lowest BCUT2D eigenvalue weighted by Crippen LogP contribution is -2.35. The highest BCUT2D eigenvalue weighted by atomic mass is 16.3. The van der Waals surface area contributed by atoms with Gasteiger partial charge in [-0.25, -0.2) is 0 Å². The van der Waals surface area contributed by atoms with Gasteiger partial charge in [0, 0.05) is 19.3 Å². The Morgan fingerprint density at radius 2 is 2.19 bits per heavy atom. The molecule has 2 heterocycles. The first-order chi connectivity index (χ1) is 9.91. The Labute approximate surface area is 121 Å². The molecule has 2 aromatic rings. The fourth-order valence-electron chi connectivity index (χ4n) is 1.97. The molecular formula is C14H18N4O3. The van der Waals surface area contributed by atoms with Crippen molar-refractivity contribution in [3.05, 3.63) is 39.8 Å².